The summed E-state index contributed by atoms with van der Waals surface area (Å²) in [6.07, 6.45) is 1.33. The van der Waals surface area contributed by atoms with Gasteiger partial charge in [0.1, 0.15) is 0 Å². The van der Waals surface area contributed by atoms with E-state index in [1.165, 1.54) is 6.21 Å². The molecule has 0 radical (unpaired) electrons. The second-order valence-corrected chi connectivity index (χ2v) is 4.71. The second kappa shape index (κ2) is 5.76. The van der Waals surface area contributed by atoms with Crippen molar-refractivity contribution in [1.82, 2.24) is 0 Å². The van der Waals surface area contributed by atoms with Gasteiger partial charge in [0.05, 0.1) is 10.7 Å². The van der Waals surface area contributed by atoms with Crippen LogP contribution in [0.3, 0.4) is 0 Å². The molecule has 2 aromatic rings. The molecule has 0 bridgehead atoms. The molecule has 0 aliphatic carbocycles. The summed E-state index contributed by atoms with van der Waals surface area (Å²) >= 11 is 6.19. The number of hydrogen-bond acceptors (Lipinski definition) is 3. The van der Waals surface area contributed by atoms with Crippen molar-refractivity contribution < 1.29 is 0 Å². The molecule has 0 aromatic heterocycles. The maximum Gasteiger partial charge on any atom is 0.0643 e. The monoisotopic (exact) mass is 273 g/mol. The third-order valence-corrected chi connectivity index (χ3v) is 3.19. The molecule has 19 heavy (non-hydrogen) atoms. The molecular weight excluding hydrogens is 258 g/mol. The van der Waals surface area contributed by atoms with Crippen LogP contribution in [0.2, 0.25) is 5.02 Å². The lowest BCUT2D eigenvalue weighted by Crippen LogP contribution is -1.97. The molecule has 0 heterocycles. The molecule has 0 saturated heterocycles. The van der Waals surface area contributed by atoms with Gasteiger partial charge in [0.15, 0.2) is 0 Å². The van der Waals surface area contributed by atoms with Gasteiger partial charge >= 0.3 is 0 Å². The molecule has 0 atom stereocenters. The summed E-state index contributed by atoms with van der Waals surface area (Å²) in [5, 5.41) is 14.4. The summed E-state index contributed by atoms with van der Waals surface area (Å²) in [6, 6.07) is 11.7. The standard InChI is InChI=1S/C15H16ClN3/c1-10-3-5-15(13(16)7-10)19-12-4-6-14(18-2)11(8-12)9-17/h3-9,17-19H,1-2H3. The normalized spacial score (nSPS) is 10.1. The smallest absolute Gasteiger partial charge is 0.0643 e. The number of aryl methyl sites for hydroxylation is 1. The van der Waals surface area contributed by atoms with Gasteiger partial charge in [0.2, 0.25) is 0 Å². The van der Waals surface area contributed by atoms with Crippen LogP contribution in [-0.2, 0) is 0 Å². The minimum Gasteiger partial charge on any atom is -0.388 e. The third-order valence-electron chi connectivity index (χ3n) is 2.88. The van der Waals surface area contributed by atoms with Gasteiger partial charge in [-0.3, -0.25) is 0 Å². The summed E-state index contributed by atoms with van der Waals surface area (Å²) in [5.74, 6) is 0. The molecule has 0 aliphatic rings. The van der Waals surface area contributed by atoms with Crippen molar-refractivity contribution in [1.29, 1.82) is 5.41 Å². The molecule has 0 aliphatic heterocycles. The van der Waals surface area contributed by atoms with Crippen molar-refractivity contribution in [3.8, 4) is 0 Å². The van der Waals surface area contributed by atoms with Crippen LogP contribution >= 0.6 is 11.6 Å². The van der Waals surface area contributed by atoms with Crippen molar-refractivity contribution in [3.63, 3.8) is 0 Å². The Kier molecular flexibility index (Phi) is 4.07. The van der Waals surface area contributed by atoms with E-state index in [2.05, 4.69) is 10.6 Å². The first-order chi connectivity index (χ1) is 9.13. The minimum atomic E-state index is 0.689. The molecule has 98 valence electrons. The third kappa shape index (κ3) is 3.06. The zero-order valence-electron chi connectivity index (χ0n) is 10.9. The van der Waals surface area contributed by atoms with Crippen LogP contribution in [0.25, 0.3) is 0 Å². The first kappa shape index (κ1) is 13.4. The maximum absolute atomic E-state index is 7.42. The predicted octanol–water partition coefficient (Wildman–Crippen LogP) is 4.43. The Bertz CT molecular complexity index is 608. The van der Waals surface area contributed by atoms with E-state index in [0.717, 1.165) is 28.2 Å². The van der Waals surface area contributed by atoms with E-state index in [1.807, 2.05) is 50.4 Å². The number of rotatable bonds is 4. The molecule has 0 fully saturated rings. The molecule has 0 saturated carbocycles. The van der Waals surface area contributed by atoms with Crippen LogP contribution in [0.5, 0.6) is 0 Å². The van der Waals surface area contributed by atoms with Crippen molar-refractivity contribution in [2.45, 2.75) is 6.92 Å². The second-order valence-electron chi connectivity index (χ2n) is 4.30. The first-order valence-corrected chi connectivity index (χ1v) is 6.37. The van der Waals surface area contributed by atoms with Crippen molar-refractivity contribution >= 4 is 34.9 Å². The van der Waals surface area contributed by atoms with E-state index < -0.39 is 0 Å². The van der Waals surface area contributed by atoms with E-state index in [0.29, 0.717) is 5.02 Å². The van der Waals surface area contributed by atoms with Crippen LogP contribution in [0, 0.1) is 12.3 Å². The number of nitrogens with one attached hydrogen (secondary N) is 3. The van der Waals surface area contributed by atoms with Crippen LogP contribution in [-0.4, -0.2) is 13.3 Å². The fourth-order valence-corrected chi connectivity index (χ4v) is 2.15. The molecule has 0 amide bonds. The Morgan fingerprint density at radius 3 is 2.47 bits per heavy atom. The highest BCUT2D eigenvalue weighted by atomic mass is 35.5. The van der Waals surface area contributed by atoms with Gasteiger partial charge in [0.25, 0.3) is 0 Å². The quantitative estimate of drug-likeness (QED) is 0.722. The molecular formula is C15H16ClN3. The van der Waals surface area contributed by atoms with Crippen molar-refractivity contribution in [3.05, 3.63) is 52.5 Å². The summed E-state index contributed by atoms with van der Waals surface area (Å²) in [6.45, 7) is 2.00. The highest BCUT2D eigenvalue weighted by Gasteiger charge is 2.03. The zero-order chi connectivity index (χ0) is 13.8. The van der Waals surface area contributed by atoms with E-state index in [1.54, 1.807) is 0 Å². The Hall–Kier alpha value is -2.00. The van der Waals surface area contributed by atoms with E-state index in [-0.39, 0.29) is 0 Å². The van der Waals surface area contributed by atoms with Gasteiger partial charge in [-0.05, 0) is 42.8 Å². The SMILES string of the molecule is CNc1ccc(Nc2ccc(C)cc2Cl)cc1C=N. The van der Waals surface area contributed by atoms with Crippen LogP contribution in [0.4, 0.5) is 17.1 Å². The van der Waals surface area contributed by atoms with Gasteiger partial charge < -0.3 is 16.0 Å². The van der Waals surface area contributed by atoms with Crippen LogP contribution in [0.15, 0.2) is 36.4 Å². The molecule has 0 unspecified atom stereocenters. The Labute approximate surface area is 118 Å². The first-order valence-electron chi connectivity index (χ1n) is 5.99. The largest absolute Gasteiger partial charge is 0.388 e. The number of anilines is 3. The lowest BCUT2D eigenvalue weighted by molar-refractivity contribution is 1.44. The minimum absolute atomic E-state index is 0.689. The van der Waals surface area contributed by atoms with Gasteiger partial charge in [-0.2, -0.15) is 0 Å². The van der Waals surface area contributed by atoms with E-state index >= 15 is 0 Å². The fourth-order valence-electron chi connectivity index (χ4n) is 1.86. The van der Waals surface area contributed by atoms with Gasteiger partial charge in [0, 0.05) is 30.2 Å². The zero-order valence-corrected chi connectivity index (χ0v) is 11.7. The van der Waals surface area contributed by atoms with E-state index in [4.69, 9.17) is 17.0 Å². The number of halogens is 1. The van der Waals surface area contributed by atoms with Crippen LogP contribution in [0.1, 0.15) is 11.1 Å². The highest BCUT2D eigenvalue weighted by molar-refractivity contribution is 6.33. The highest BCUT2D eigenvalue weighted by Crippen LogP contribution is 2.28. The lowest BCUT2D eigenvalue weighted by Gasteiger charge is -2.12. The topological polar surface area (TPSA) is 47.9 Å². The number of hydrogen-bond donors (Lipinski definition) is 3. The summed E-state index contributed by atoms with van der Waals surface area (Å²) in [5.41, 5.74) is 4.65. The van der Waals surface area contributed by atoms with Crippen molar-refractivity contribution in [2.75, 3.05) is 17.7 Å². The fraction of sp³-hybridized carbons (Fsp3) is 0.133. The average Bonchev–Trinajstić information content (AvgIpc) is 2.41. The van der Waals surface area contributed by atoms with Crippen LogP contribution < -0.4 is 10.6 Å². The molecule has 3 nitrogen and oxygen atoms in total. The Balaban J connectivity index is 2.30. The summed E-state index contributed by atoms with van der Waals surface area (Å²) < 4.78 is 0. The van der Waals surface area contributed by atoms with Gasteiger partial charge in [-0.1, -0.05) is 17.7 Å². The molecule has 4 heteroatoms. The Morgan fingerprint density at radius 2 is 1.84 bits per heavy atom. The van der Waals surface area contributed by atoms with Crippen molar-refractivity contribution in [2.24, 2.45) is 0 Å². The molecule has 0 spiro atoms. The van der Waals surface area contributed by atoms with E-state index in [9.17, 15) is 0 Å². The van der Waals surface area contributed by atoms with Gasteiger partial charge in [-0.25, -0.2) is 0 Å². The number of benzene rings is 2. The lowest BCUT2D eigenvalue weighted by atomic mass is 10.1. The molecule has 3 N–H and O–H groups in total. The van der Waals surface area contributed by atoms with Gasteiger partial charge in [-0.15, -0.1) is 0 Å². The predicted molar refractivity (Wildman–Crippen MR) is 83.3 cm³/mol. The molecule has 2 aromatic carbocycles. The molecule has 2 rings (SSSR count). The summed E-state index contributed by atoms with van der Waals surface area (Å²) in [4.78, 5) is 0. The summed E-state index contributed by atoms with van der Waals surface area (Å²) in [7, 11) is 1.84. The Morgan fingerprint density at radius 1 is 1.11 bits per heavy atom. The maximum atomic E-state index is 7.42. The average molecular weight is 274 g/mol.